The van der Waals surface area contributed by atoms with Gasteiger partial charge in [0.1, 0.15) is 5.75 Å². The lowest BCUT2D eigenvalue weighted by molar-refractivity contribution is 0.114. The Morgan fingerprint density at radius 3 is 2.76 bits per heavy atom. The third-order valence-corrected chi connectivity index (χ3v) is 2.68. The Bertz CT molecular complexity index is 312. The SMILES string of the molecule is CCOCCCC(O)Cc1ccccc1OC. The van der Waals surface area contributed by atoms with Crippen LogP contribution in [0, 0.1) is 0 Å². The Hall–Kier alpha value is -1.06. The molecular weight excluding hydrogens is 216 g/mol. The highest BCUT2D eigenvalue weighted by Crippen LogP contribution is 2.19. The average molecular weight is 238 g/mol. The topological polar surface area (TPSA) is 38.7 Å². The van der Waals surface area contributed by atoms with E-state index in [1.807, 2.05) is 31.2 Å². The van der Waals surface area contributed by atoms with Crippen LogP contribution >= 0.6 is 0 Å². The number of aliphatic hydroxyl groups excluding tert-OH is 1. The summed E-state index contributed by atoms with van der Waals surface area (Å²) in [6.45, 7) is 3.44. The fourth-order valence-corrected chi connectivity index (χ4v) is 1.79. The van der Waals surface area contributed by atoms with E-state index in [1.165, 1.54) is 0 Å². The largest absolute Gasteiger partial charge is 0.496 e. The minimum Gasteiger partial charge on any atom is -0.496 e. The van der Waals surface area contributed by atoms with E-state index in [0.717, 1.165) is 37.4 Å². The summed E-state index contributed by atoms with van der Waals surface area (Å²) in [6.07, 6.45) is 1.96. The van der Waals surface area contributed by atoms with Gasteiger partial charge in [-0.25, -0.2) is 0 Å². The molecule has 0 aromatic heterocycles. The van der Waals surface area contributed by atoms with E-state index in [4.69, 9.17) is 9.47 Å². The molecule has 0 aliphatic rings. The summed E-state index contributed by atoms with van der Waals surface area (Å²) in [7, 11) is 1.65. The van der Waals surface area contributed by atoms with E-state index >= 15 is 0 Å². The highest BCUT2D eigenvalue weighted by molar-refractivity contribution is 5.33. The molecule has 0 amide bonds. The zero-order chi connectivity index (χ0) is 12.5. The molecule has 0 fully saturated rings. The second kappa shape index (κ2) is 8.09. The lowest BCUT2D eigenvalue weighted by atomic mass is 10.0. The lowest BCUT2D eigenvalue weighted by Crippen LogP contribution is -2.12. The molecule has 1 aromatic rings. The number of aliphatic hydroxyl groups is 1. The van der Waals surface area contributed by atoms with Gasteiger partial charge >= 0.3 is 0 Å². The van der Waals surface area contributed by atoms with Gasteiger partial charge in [-0.15, -0.1) is 0 Å². The van der Waals surface area contributed by atoms with Gasteiger partial charge in [0.2, 0.25) is 0 Å². The number of rotatable bonds is 8. The Morgan fingerprint density at radius 2 is 2.06 bits per heavy atom. The summed E-state index contributed by atoms with van der Waals surface area (Å²) < 4.78 is 10.5. The molecule has 1 N–H and O–H groups in total. The number of hydrogen-bond donors (Lipinski definition) is 1. The van der Waals surface area contributed by atoms with Crippen molar-refractivity contribution in [2.24, 2.45) is 0 Å². The number of methoxy groups -OCH3 is 1. The Morgan fingerprint density at radius 1 is 1.29 bits per heavy atom. The molecule has 3 heteroatoms. The summed E-state index contributed by atoms with van der Waals surface area (Å²) in [5.74, 6) is 0.844. The van der Waals surface area contributed by atoms with Crippen LogP contribution in [0.5, 0.6) is 5.75 Å². The van der Waals surface area contributed by atoms with Gasteiger partial charge in [0.15, 0.2) is 0 Å². The first kappa shape index (κ1) is 14.0. The molecule has 17 heavy (non-hydrogen) atoms. The zero-order valence-electron chi connectivity index (χ0n) is 10.7. The van der Waals surface area contributed by atoms with Gasteiger partial charge < -0.3 is 14.6 Å². The minimum absolute atomic E-state index is 0.327. The quantitative estimate of drug-likeness (QED) is 0.707. The van der Waals surface area contributed by atoms with Crippen molar-refractivity contribution in [3.63, 3.8) is 0 Å². The number of ether oxygens (including phenoxy) is 2. The van der Waals surface area contributed by atoms with Crippen LogP contribution in [0.2, 0.25) is 0 Å². The molecule has 0 aliphatic heterocycles. The summed E-state index contributed by atoms with van der Waals surface area (Å²) in [6, 6.07) is 7.81. The van der Waals surface area contributed by atoms with E-state index in [2.05, 4.69) is 0 Å². The molecule has 1 unspecified atom stereocenters. The van der Waals surface area contributed by atoms with E-state index in [9.17, 15) is 5.11 Å². The predicted octanol–water partition coefficient (Wildman–Crippen LogP) is 2.42. The summed E-state index contributed by atoms with van der Waals surface area (Å²) in [4.78, 5) is 0. The fraction of sp³-hybridized carbons (Fsp3) is 0.571. The predicted molar refractivity (Wildman–Crippen MR) is 68.4 cm³/mol. The summed E-state index contributed by atoms with van der Waals surface area (Å²) >= 11 is 0. The first-order valence-corrected chi connectivity index (χ1v) is 6.15. The van der Waals surface area contributed by atoms with E-state index in [-0.39, 0.29) is 6.10 Å². The summed E-state index contributed by atoms with van der Waals surface area (Å²) in [5, 5.41) is 9.91. The second-order valence-corrected chi connectivity index (χ2v) is 4.01. The summed E-state index contributed by atoms with van der Waals surface area (Å²) in [5.41, 5.74) is 1.05. The molecular formula is C14H22O3. The van der Waals surface area contributed by atoms with Crippen molar-refractivity contribution in [3.05, 3.63) is 29.8 Å². The standard InChI is InChI=1S/C14H22O3/c1-3-17-10-6-8-13(15)11-12-7-4-5-9-14(12)16-2/h4-5,7,9,13,15H,3,6,8,10-11H2,1-2H3. The van der Waals surface area contributed by atoms with E-state index in [1.54, 1.807) is 7.11 Å². The van der Waals surface area contributed by atoms with Gasteiger partial charge in [-0.1, -0.05) is 18.2 Å². The van der Waals surface area contributed by atoms with Crippen LogP contribution in [0.3, 0.4) is 0 Å². The molecule has 0 bridgehead atoms. The zero-order valence-corrected chi connectivity index (χ0v) is 10.7. The Balaban J connectivity index is 2.36. The van der Waals surface area contributed by atoms with Crippen molar-refractivity contribution < 1.29 is 14.6 Å². The van der Waals surface area contributed by atoms with Crippen molar-refractivity contribution in [1.82, 2.24) is 0 Å². The number of benzene rings is 1. The number of hydrogen-bond acceptors (Lipinski definition) is 3. The van der Waals surface area contributed by atoms with Crippen molar-refractivity contribution >= 4 is 0 Å². The van der Waals surface area contributed by atoms with Crippen LogP contribution in [-0.2, 0) is 11.2 Å². The molecule has 1 aromatic carbocycles. The molecule has 96 valence electrons. The van der Waals surface area contributed by atoms with Crippen molar-refractivity contribution in [3.8, 4) is 5.75 Å². The fourth-order valence-electron chi connectivity index (χ4n) is 1.79. The first-order valence-electron chi connectivity index (χ1n) is 6.15. The Labute approximate surface area is 103 Å². The third-order valence-electron chi connectivity index (χ3n) is 2.68. The minimum atomic E-state index is -0.327. The first-order chi connectivity index (χ1) is 8.27. The molecule has 3 nitrogen and oxygen atoms in total. The van der Waals surface area contributed by atoms with Gasteiger partial charge in [-0.05, 0) is 31.4 Å². The molecule has 0 heterocycles. The maximum atomic E-state index is 9.91. The third kappa shape index (κ3) is 5.20. The van der Waals surface area contributed by atoms with Crippen LogP contribution in [0.1, 0.15) is 25.3 Å². The smallest absolute Gasteiger partial charge is 0.122 e. The molecule has 0 aliphatic carbocycles. The van der Waals surface area contributed by atoms with Crippen LogP contribution in [0.15, 0.2) is 24.3 Å². The van der Waals surface area contributed by atoms with Crippen LogP contribution < -0.4 is 4.74 Å². The van der Waals surface area contributed by atoms with Crippen molar-refractivity contribution in [1.29, 1.82) is 0 Å². The monoisotopic (exact) mass is 238 g/mol. The van der Waals surface area contributed by atoms with Gasteiger partial charge in [0.05, 0.1) is 13.2 Å². The molecule has 0 saturated heterocycles. The second-order valence-electron chi connectivity index (χ2n) is 4.01. The van der Waals surface area contributed by atoms with Gasteiger partial charge in [-0.3, -0.25) is 0 Å². The van der Waals surface area contributed by atoms with Gasteiger partial charge in [-0.2, -0.15) is 0 Å². The number of para-hydroxylation sites is 1. The molecule has 0 radical (unpaired) electrons. The maximum absolute atomic E-state index is 9.91. The van der Waals surface area contributed by atoms with Crippen molar-refractivity contribution in [2.75, 3.05) is 20.3 Å². The van der Waals surface area contributed by atoms with E-state index < -0.39 is 0 Å². The highest BCUT2D eigenvalue weighted by Gasteiger charge is 2.09. The van der Waals surface area contributed by atoms with Crippen LogP contribution in [0.25, 0.3) is 0 Å². The van der Waals surface area contributed by atoms with Crippen molar-refractivity contribution in [2.45, 2.75) is 32.3 Å². The van der Waals surface area contributed by atoms with Crippen LogP contribution in [-0.4, -0.2) is 31.5 Å². The molecule has 0 saturated carbocycles. The van der Waals surface area contributed by atoms with Crippen LogP contribution in [0.4, 0.5) is 0 Å². The molecule has 1 rings (SSSR count). The molecule has 1 atom stereocenters. The average Bonchev–Trinajstić information content (AvgIpc) is 2.35. The molecule has 0 spiro atoms. The normalized spacial score (nSPS) is 12.4. The Kier molecular flexibility index (Phi) is 6.67. The van der Waals surface area contributed by atoms with Gasteiger partial charge in [0.25, 0.3) is 0 Å². The lowest BCUT2D eigenvalue weighted by Gasteiger charge is -2.13. The van der Waals surface area contributed by atoms with Gasteiger partial charge in [0, 0.05) is 19.6 Å². The van der Waals surface area contributed by atoms with E-state index in [0.29, 0.717) is 6.42 Å². The highest BCUT2D eigenvalue weighted by atomic mass is 16.5. The maximum Gasteiger partial charge on any atom is 0.122 e.